The predicted octanol–water partition coefficient (Wildman–Crippen LogP) is 0.692. The van der Waals surface area contributed by atoms with Crippen LogP contribution in [-0.2, 0) is 4.79 Å². The van der Waals surface area contributed by atoms with Gasteiger partial charge in [0.05, 0.1) is 12.1 Å². The summed E-state index contributed by atoms with van der Waals surface area (Å²) in [6.45, 7) is 1.61. The van der Waals surface area contributed by atoms with Crippen LogP contribution in [-0.4, -0.2) is 23.8 Å². The number of hydrogen-bond donors (Lipinski definition) is 2. The van der Waals surface area contributed by atoms with Gasteiger partial charge in [0.2, 0.25) is 5.91 Å². The summed E-state index contributed by atoms with van der Waals surface area (Å²) in [5.74, 6) is 5.13. The van der Waals surface area contributed by atoms with E-state index < -0.39 is 0 Å². The predicted molar refractivity (Wildman–Crippen MR) is 59.1 cm³/mol. The molecular weight excluding hydrogens is 206 g/mol. The summed E-state index contributed by atoms with van der Waals surface area (Å²) in [5, 5.41) is 11.9. The highest BCUT2D eigenvalue weighted by Crippen LogP contribution is 2.17. The van der Waals surface area contributed by atoms with Crippen LogP contribution in [0.4, 0.5) is 0 Å². The molecule has 0 bridgehead atoms. The van der Waals surface area contributed by atoms with Gasteiger partial charge in [-0.1, -0.05) is 17.9 Å². The van der Waals surface area contributed by atoms with Gasteiger partial charge in [-0.3, -0.25) is 9.59 Å². The molecule has 0 aliphatic heterocycles. The average Bonchev–Trinajstić information content (AvgIpc) is 2.24. The van der Waals surface area contributed by atoms with Crippen molar-refractivity contribution in [1.29, 1.82) is 0 Å². The van der Waals surface area contributed by atoms with Crippen LogP contribution in [0.15, 0.2) is 18.2 Å². The van der Waals surface area contributed by atoms with Crippen LogP contribution in [0.1, 0.15) is 22.8 Å². The number of hydrogen-bond acceptors (Lipinski definition) is 3. The van der Waals surface area contributed by atoms with E-state index in [4.69, 9.17) is 0 Å². The maximum atomic E-state index is 10.7. The second-order valence-corrected chi connectivity index (χ2v) is 3.07. The van der Waals surface area contributed by atoms with E-state index in [0.29, 0.717) is 11.8 Å². The standard InChI is InChI=1S/C12H11NO3/c1-9(15)13-7-3-5-10-4-2-6-12(16)11(10)8-14/h2,4,6,8,16H,7H2,1H3,(H,13,15). The lowest BCUT2D eigenvalue weighted by Crippen LogP contribution is -2.19. The van der Waals surface area contributed by atoms with E-state index in [1.165, 1.54) is 13.0 Å². The van der Waals surface area contributed by atoms with Crippen molar-refractivity contribution >= 4 is 12.2 Å². The molecule has 1 rings (SSSR count). The number of benzene rings is 1. The summed E-state index contributed by atoms with van der Waals surface area (Å²) < 4.78 is 0. The number of nitrogens with one attached hydrogen (secondary N) is 1. The summed E-state index contributed by atoms with van der Waals surface area (Å²) in [6, 6.07) is 4.65. The van der Waals surface area contributed by atoms with Crippen molar-refractivity contribution in [3.63, 3.8) is 0 Å². The zero-order valence-electron chi connectivity index (χ0n) is 8.78. The molecule has 0 saturated heterocycles. The first kappa shape index (κ1) is 11.8. The third kappa shape index (κ3) is 3.14. The van der Waals surface area contributed by atoms with Crippen molar-refractivity contribution in [3.05, 3.63) is 29.3 Å². The first-order valence-corrected chi connectivity index (χ1v) is 4.65. The first-order valence-electron chi connectivity index (χ1n) is 4.65. The number of amides is 1. The molecule has 1 aromatic carbocycles. The Morgan fingerprint density at radius 2 is 2.31 bits per heavy atom. The number of aldehydes is 1. The van der Waals surface area contributed by atoms with E-state index in [9.17, 15) is 14.7 Å². The molecule has 0 aliphatic carbocycles. The van der Waals surface area contributed by atoms with Crippen LogP contribution in [0.3, 0.4) is 0 Å². The fourth-order valence-corrected chi connectivity index (χ4v) is 1.09. The highest BCUT2D eigenvalue weighted by Gasteiger charge is 2.03. The molecule has 2 N–H and O–H groups in total. The normalized spacial score (nSPS) is 8.81. The summed E-state index contributed by atoms with van der Waals surface area (Å²) in [6.07, 6.45) is 0.553. The fraction of sp³-hybridized carbons (Fsp3) is 0.167. The van der Waals surface area contributed by atoms with Crippen molar-refractivity contribution in [1.82, 2.24) is 5.32 Å². The smallest absolute Gasteiger partial charge is 0.217 e. The number of phenols is 1. The van der Waals surface area contributed by atoms with Crippen LogP contribution in [0.2, 0.25) is 0 Å². The van der Waals surface area contributed by atoms with Gasteiger partial charge in [0.1, 0.15) is 5.75 Å². The van der Waals surface area contributed by atoms with Gasteiger partial charge in [-0.05, 0) is 12.1 Å². The maximum Gasteiger partial charge on any atom is 0.217 e. The molecule has 0 unspecified atom stereocenters. The van der Waals surface area contributed by atoms with E-state index in [1.807, 2.05) is 0 Å². The quantitative estimate of drug-likeness (QED) is 0.566. The minimum Gasteiger partial charge on any atom is -0.507 e. The molecule has 0 heterocycles. The van der Waals surface area contributed by atoms with E-state index in [-0.39, 0.29) is 23.8 Å². The zero-order valence-corrected chi connectivity index (χ0v) is 8.78. The van der Waals surface area contributed by atoms with Crippen molar-refractivity contribution in [3.8, 4) is 17.6 Å². The van der Waals surface area contributed by atoms with E-state index in [2.05, 4.69) is 17.2 Å². The Labute approximate surface area is 93.3 Å². The molecule has 82 valence electrons. The number of carbonyl (C=O) groups excluding carboxylic acids is 2. The Balaban J connectivity index is 2.84. The molecule has 4 heteroatoms. The molecule has 0 radical (unpaired) electrons. The summed E-state index contributed by atoms with van der Waals surface area (Å²) in [5.41, 5.74) is 0.609. The van der Waals surface area contributed by atoms with Crippen molar-refractivity contribution in [2.24, 2.45) is 0 Å². The summed E-state index contributed by atoms with van der Waals surface area (Å²) in [7, 11) is 0. The largest absolute Gasteiger partial charge is 0.507 e. The Bertz CT molecular complexity index is 469. The van der Waals surface area contributed by atoms with Crippen LogP contribution in [0, 0.1) is 11.8 Å². The van der Waals surface area contributed by atoms with Gasteiger partial charge in [-0.15, -0.1) is 0 Å². The first-order chi connectivity index (χ1) is 7.65. The molecule has 1 amide bonds. The topological polar surface area (TPSA) is 66.4 Å². The van der Waals surface area contributed by atoms with Crippen LogP contribution in [0.25, 0.3) is 0 Å². The molecule has 4 nitrogen and oxygen atoms in total. The zero-order chi connectivity index (χ0) is 12.0. The van der Waals surface area contributed by atoms with Gasteiger partial charge >= 0.3 is 0 Å². The molecule has 0 fully saturated rings. The minimum absolute atomic E-state index is 0.0960. The van der Waals surface area contributed by atoms with Crippen molar-refractivity contribution in [2.45, 2.75) is 6.92 Å². The molecule has 0 atom stereocenters. The Morgan fingerprint density at radius 1 is 1.56 bits per heavy atom. The molecule has 0 aromatic heterocycles. The number of phenolic OH excluding ortho intramolecular Hbond substituents is 1. The van der Waals surface area contributed by atoms with E-state index >= 15 is 0 Å². The molecule has 0 saturated carbocycles. The molecule has 1 aromatic rings. The van der Waals surface area contributed by atoms with Crippen molar-refractivity contribution in [2.75, 3.05) is 6.54 Å². The third-order valence-corrected chi connectivity index (χ3v) is 1.85. The monoisotopic (exact) mass is 217 g/mol. The maximum absolute atomic E-state index is 10.7. The molecule has 0 spiro atoms. The molecule has 0 aliphatic rings. The average molecular weight is 217 g/mol. The van der Waals surface area contributed by atoms with Crippen LogP contribution < -0.4 is 5.32 Å². The minimum atomic E-state index is -0.166. The highest BCUT2D eigenvalue weighted by atomic mass is 16.3. The third-order valence-electron chi connectivity index (χ3n) is 1.85. The van der Waals surface area contributed by atoms with Crippen LogP contribution >= 0.6 is 0 Å². The van der Waals surface area contributed by atoms with Gasteiger partial charge in [-0.2, -0.15) is 0 Å². The molecule has 16 heavy (non-hydrogen) atoms. The lowest BCUT2D eigenvalue weighted by atomic mass is 10.1. The summed E-state index contributed by atoms with van der Waals surface area (Å²) in [4.78, 5) is 21.2. The Kier molecular flexibility index (Phi) is 4.10. The van der Waals surface area contributed by atoms with Gasteiger partial charge in [-0.25, -0.2) is 0 Å². The van der Waals surface area contributed by atoms with Gasteiger partial charge < -0.3 is 10.4 Å². The second-order valence-electron chi connectivity index (χ2n) is 3.07. The van der Waals surface area contributed by atoms with Gasteiger partial charge in [0.25, 0.3) is 0 Å². The van der Waals surface area contributed by atoms with Crippen molar-refractivity contribution < 1.29 is 14.7 Å². The number of carbonyl (C=O) groups is 2. The number of aromatic hydroxyl groups is 1. The van der Waals surface area contributed by atoms with Gasteiger partial charge in [0.15, 0.2) is 6.29 Å². The Morgan fingerprint density at radius 3 is 2.94 bits per heavy atom. The van der Waals surface area contributed by atoms with E-state index in [0.717, 1.165) is 0 Å². The summed E-state index contributed by atoms with van der Waals surface area (Å²) >= 11 is 0. The lowest BCUT2D eigenvalue weighted by Gasteiger charge is -1.98. The lowest BCUT2D eigenvalue weighted by molar-refractivity contribution is -0.118. The molecular formula is C12H11NO3. The SMILES string of the molecule is CC(=O)NCC#Cc1cccc(O)c1C=O. The van der Waals surface area contributed by atoms with Gasteiger partial charge in [0, 0.05) is 12.5 Å². The number of rotatable bonds is 2. The van der Waals surface area contributed by atoms with E-state index in [1.54, 1.807) is 12.1 Å². The van der Waals surface area contributed by atoms with Crippen LogP contribution in [0.5, 0.6) is 5.75 Å². The highest BCUT2D eigenvalue weighted by molar-refractivity contribution is 5.83. The second kappa shape index (κ2) is 5.56. The fourth-order valence-electron chi connectivity index (χ4n) is 1.09. The Hall–Kier alpha value is -2.28.